The van der Waals surface area contributed by atoms with Crippen molar-refractivity contribution in [2.75, 3.05) is 6.54 Å². The van der Waals surface area contributed by atoms with Crippen LogP contribution in [-0.2, 0) is 22.7 Å². The Hall–Kier alpha value is -2.82. The molecule has 0 spiro atoms. The second kappa shape index (κ2) is 8.72. The van der Waals surface area contributed by atoms with Crippen molar-refractivity contribution in [3.05, 3.63) is 65.7 Å². The van der Waals surface area contributed by atoms with E-state index in [1.165, 1.54) is 6.92 Å². The summed E-state index contributed by atoms with van der Waals surface area (Å²) in [4.78, 5) is 25.4. The first kappa shape index (κ1) is 17.5. The monoisotopic (exact) mass is 326 g/mol. The predicted molar refractivity (Wildman–Crippen MR) is 92.1 cm³/mol. The SMILES string of the molecule is CC(=O)N(CCC(=O)NCc1ccccc1O)Cc1ccccc1. The number of benzene rings is 2. The minimum atomic E-state index is -0.155. The van der Waals surface area contributed by atoms with E-state index in [4.69, 9.17) is 0 Å². The highest BCUT2D eigenvalue weighted by Crippen LogP contribution is 2.14. The molecule has 0 aromatic heterocycles. The second-order valence-corrected chi connectivity index (χ2v) is 5.58. The van der Waals surface area contributed by atoms with Gasteiger partial charge in [0.2, 0.25) is 11.8 Å². The van der Waals surface area contributed by atoms with E-state index in [1.807, 2.05) is 30.3 Å². The summed E-state index contributed by atoms with van der Waals surface area (Å²) in [5, 5.41) is 12.4. The highest BCUT2D eigenvalue weighted by atomic mass is 16.3. The van der Waals surface area contributed by atoms with Gasteiger partial charge in [-0.25, -0.2) is 0 Å². The third-order valence-electron chi connectivity index (χ3n) is 3.74. The summed E-state index contributed by atoms with van der Waals surface area (Å²) in [5.74, 6) is -0.0582. The smallest absolute Gasteiger partial charge is 0.222 e. The molecule has 0 unspecified atom stereocenters. The van der Waals surface area contributed by atoms with Crippen LogP contribution in [0.4, 0.5) is 0 Å². The lowest BCUT2D eigenvalue weighted by molar-refractivity contribution is -0.130. The number of hydrogen-bond donors (Lipinski definition) is 2. The van der Waals surface area contributed by atoms with E-state index in [2.05, 4.69) is 5.32 Å². The fourth-order valence-corrected chi connectivity index (χ4v) is 2.33. The van der Waals surface area contributed by atoms with Crippen LogP contribution in [-0.4, -0.2) is 28.4 Å². The third kappa shape index (κ3) is 5.43. The molecule has 5 heteroatoms. The van der Waals surface area contributed by atoms with Crippen molar-refractivity contribution in [2.24, 2.45) is 0 Å². The van der Waals surface area contributed by atoms with Gasteiger partial charge in [0.1, 0.15) is 5.75 Å². The quantitative estimate of drug-likeness (QED) is 0.821. The molecule has 0 saturated carbocycles. The second-order valence-electron chi connectivity index (χ2n) is 5.58. The average Bonchev–Trinajstić information content (AvgIpc) is 2.58. The first-order valence-electron chi connectivity index (χ1n) is 7.89. The van der Waals surface area contributed by atoms with Crippen molar-refractivity contribution in [3.8, 4) is 5.75 Å². The Kier molecular flexibility index (Phi) is 6.37. The van der Waals surface area contributed by atoms with Crippen LogP contribution in [0.5, 0.6) is 5.75 Å². The molecule has 0 aliphatic heterocycles. The van der Waals surface area contributed by atoms with Gasteiger partial charge in [0.25, 0.3) is 0 Å². The van der Waals surface area contributed by atoms with Gasteiger partial charge in [-0.15, -0.1) is 0 Å². The van der Waals surface area contributed by atoms with Gasteiger partial charge < -0.3 is 15.3 Å². The molecule has 126 valence electrons. The van der Waals surface area contributed by atoms with Gasteiger partial charge in [-0.3, -0.25) is 9.59 Å². The predicted octanol–water partition coefficient (Wildman–Crippen LogP) is 2.45. The molecular weight excluding hydrogens is 304 g/mol. The molecule has 0 radical (unpaired) electrons. The number of phenols is 1. The zero-order chi connectivity index (χ0) is 17.4. The highest BCUT2D eigenvalue weighted by molar-refractivity contribution is 5.78. The largest absolute Gasteiger partial charge is 0.508 e. The van der Waals surface area contributed by atoms with Crippen LogP contribution < -0.4 is 5.32 Å². The number of aromatic hydroxyl groups is 1. The Labute approximate surface area is 141 Å². The maximum absolute atomic E-state index is 12.0. The molecule has 0 aliphatic carbocycles. The first-order valence-corrected chi connectivity index (χ1v) is 7.89. The number of amides is 2. The Morgan fingerprint density at radius 1 is 1.04 bits per heavy atom. The van der Waals surface area contributed by atoms with Crippen LogP contribution in [0.3, 0.4) is 0 Å². The van der Waals surface area contributed by atoms with Crippen molar-refractivity contribution in [3.63, 3.8) is 0 Å². The van der Waals surface area contributed by atoms with Crippen LogP contribution in [0.2, 0.25) is 0 Å². The molecule has 0 atom stereocenters. The molecule has 2 aromatic carbocycles. The molecule has 24 heavy (non-hydrogen) atoms. The van der Waals surface area contributed by atoms with E-state index in [1.54, 1.807) is 29.2 Å². The van der Waals surface area contributed by atoms with Gasteiger partial charge in [0.15, 0.2) is 0 Å². The Bertz CT molecular complexity index is 686. The normalized spacial score (nSPS) is 10.2. The summed E-state index contributed by atoms with van der Waals surface area (Å²) in [6.45, 7) is 2.62. The van der Waals surface area contributed by atoms with Crippen LogP contribution in [0.15, 0.2) is 54.6 Å². The molecule has 0 saturated heterocycles. The maximum Gasteiger partial charge on any atom is 0.222 e. The number of nitrogens with zero attached hydrogens (tertiary/aromatic N) is 1. The van der Waals surface area contributed by atoms with Crippen LogP contribution in [0.1, 0.15) is 24.5 Å². The van der Waals surface area contributed by atoms with Crippen LogP contribution in [0.25, 0.3) is 0 Å². The van der Waals surface area contributed by atoms with E-state index in [0.717, 1.165) is 5.56 Å². The van der Waals surface area contributed by atoms with Gasteiger partial charge in [-0.2, -0.15) is 0 Å². The molecule has 0 fully saturated rings. The number of hydrogen-bond acceptors (Lipinski definition) is 3. The topological polar surface area (TPSA) is 69.6 Å². The van der Waals surface area contributed by atoms with Crippen molar-refractivity contribution in [2.45, 2.75) is 26.4 Å². The summed E-state index contributed by atoms with van der Waals surface area (Å²) >= 11 is 0. The highest BCUT2D eigenvalue weighted by Gasteiger charge is 2.12. The van der Waals surface area contributed by atoms with E-state index in [-0.39, 0.29) is 30.5 Å². The molecule has 0 heterocycles. The summed E-state index contributed by atoms with van der Waals surface area (Å²) < 4.78 is 0. The Morgan fingerprint density at radius 3 is 2.38 bits per heavy atom. The summed E-state index contributed by atoms with van der Waals surface area (Å²) in [7, 11) is 0. The van der Waals surface area contributed by atoms with E-state index in [0.29, 0.717) is 18.7 Å². The number of nitrogens with one attached hydrogen (secondary N) is 1. The fraction of sp³-hybridized carbons (Fsp3) is 0.263. The van der Waals surface area contributed by atoms with E-state index < -0.39 is 0 Å². The number of phenolic OH excluding ortho intramolecular Hbond substituents is 1. The van der Waals surface area contributed by atoms with Crippen molar-refractivity contribution >= 4 is 11.8 Å². The molecule has 0 aliphatic rings. The maximum atomic E-state index is 12.0. The number of carbonyl (C=O) groups is 2. The number of rotatable bonds is 7. The van der Waals surface area contributed by atoms with E-state index >= 15 is 0 Å². The minimum Gasteiger partial charge on any atom is -0.508 e. The first-order chi connectivity index (χ1) is 11.6. The minimum absolute atomic E-state index is 0.0626. The summed E-state index contributed by atoms with van der Waals surface area (Å²) in [6.07, 6.45) is 0.222. The number of carbonyl (C=O) groups excluding carboxylic acids is 2. The van der Waals surface area contributed by atoms with Crippen LogP contribution in [0, 0.1) is 0 Å². The average molecular weight is 326 g/mol. The third-order valence-corrected chi connectivity index (χ3v) is 3.74. The summed E-state index contributed by atoms with van der Waals surface area (Å²) in [6, 6.07) is 16.6. The van der Waals surface area contributed by atoms with E-state index in [9.17, 15) is 14.7 Å². The van der Waals surface area contributed by atoms with Gasteiger partial charge in [0.05, 0.1) is 0 Å². The zero-order valence-electron chi connectivity index (χ0n) is 13.7. The van der Waals surface area contributed by atoms with Crippen molar-refractivity contribution in [1.82, 2.24) is 10.2 Å². The molecule has 0 bridgehead atoms. The van der Waals surface area contributed by atoms with Gasteiger partial charge in [-0.05, 0) is 11.6 Å². The van der Waals surface area contributed by atoms with Crippen molar-refractivity contribution in [1.29, 1.82) is 0 Å². The Morgan fingerprint density at radius 2 is 1.71 bits per heavy atom. The Balaban J connectivity index is 1.82. The summed E-state index contributed by atoms with van der Waals surface area (Å²) in [5.41, 5.74) is 1.70. The molecular formula is C19H22N2O3. The van der Waals surface area contributed by atoms with Gasteiger partial charge in [0, 0.05) is 38.5 Å². The molecule has 5 nitrogen and oxygen atoms in total. The lowest BCUT2D eigenvalue weighted by Gasteiger charge is -2.21. The molecule has 2 amide bonds. The fourth-order valence-electron chi connectivity index (χ4n) is 2.33. The molecule has 2 aromatic rings. The van der Waals surface area contributed by atoms with Gasteiger partial charge >= 0.3 is 0 Å². The number of para-hydroxylation sites is 1. The standard InChI is InChI=1S/C19H22N2O3/c1-15(22)21(14-16-7-3-2-4-8-16)12-11-19(24)20-13-17-9-5-6-10-18(17)23/h2-10,23H,11-14H2,1H3,(H,20,24). The lowest BCUT2D eigenvalue weighted by atomic mass is 10.2. The zero-order valence-corrected chi connectivity index (χ0v) is 13.7. The molecule has 2 rings (SSSR count). The van der Waals surface area contributed by atoms with Crippen LogP contribution >= 0.6 is 0 Å². The van der Waals surface area contributed by atoms with Crippen molar-refractivity contribution < 1.29 is 14.7 Å². The lowest BCUT2D eigenvalue weighted by Crippen LogP contribution is -2.33. The molecule has 2 N–H and O–H groups in total. The van der Waals surface area contributed by atoms with Gasteiger partial charge in [-0.1, -0.05) is 48.5 Å².